The topological polar surface area (TPSA) is 58.6 Å². The van der Waals surface area contributed by atoms with Gasteiger partial charge in [-0.25, -0.2) is 4.79 Å². The summed E-state index contributed by atoms with van der Waals surface area (Å²) >= 11 is 0. The summed E-state index contributed by atoms with van der Waals surface area (Å²) in [7, 11) is 0. The van der Waals surface area contributed by atoms with Crippen LogP contribution in [0.25, 0.3) is 0 Å². The second-order valence-electron chi connectivity index (χ2n) is 4.51. The number of benzene rings is 1. The third-order valence-electron chi connectivity index (χ3n) is 2.69. The van der Waals surface area contributed by atoms with Crippen LogP contribution in [0, 0.1) is 0 Å². The fourth-order valence-electron chi connectivity index (χ4n) is 1.93. The smallest absolute Gasteiger partial charge is 0.331 e. The van der Waals surface area contributed by atoms with E-state index in [1.54, 1.807) is 0 Å². The van der Waals surface area contributed by atoms with E-state index in [0.29, 0.717) is 12.2 Å². The Morgan fingerprint density at radius 3 is 2.44 bits per heavy atom. The molecule has 0 spiro atoms. The van der Waals surface area contributed by atoms with Gasteiger partial charge in [0.2, 0.25) is 0 Å². The minimum Gasteiger partial charge on any atom is -0.480 e. The van der Waals surface area contributed by atoms with E-state index in [4.69, 9.17) is 4.74 Å². The van der Waals surface area contributed by atoms with Crippen LogP contribution in [0.2, 0.25) is 0 Å². The van der Waals surface area contributed by atoms with E-state index in [1.165, 1.54) is 0 Å². The fraction of sp³-hybridized carbons (Fsp3) is 0.500. The van der Waals surface area contributed by atoms with Gasteiger partial charge in [-0.05, 0) is 26.3 Å². The first-order valence-corrected chi connectivity index (χ1v) is 6.17. The molecule has 0 bridgehead atoms. The molecular formula is C14H21NO3. The molecule has 0 fully saturated rings. The van der Waals surface area contributed by atoms with E-state index >= 15 is 0 Å². The average Bonchev–Trinajstić information content (AvgIpc) is 2.34. The summed E-state index contributed by atoms with van der Waals surface area (Å²) in [4.78, 5) is 11.7. The number of ether oxygens (including phenoxy) is 1. The summed E-state index contributed by atoms with van der Waals surface area (Å²) in [6.45, 7) is 6.30. The normalized spacial score (nSPS) is 14.4. The van der Waals surface area contributed by atoms with Crippen LogP contribution in [-0.4, -0.2) is 30.3 Å². The van der Waals surface area contributed by atoms with Crippen LogP contribution in [-0.2, 0) is 15.1 Å². The average molecular weight is 251 g/mol. The number of hydrogen-bond acceptors (Lipinski definition) is 3. The summed E-state index contributed by atoms with van der Waals surface area (Å²) in [5, 5.41) is 12.7. The lowest BCUT2D eigenvalue weighted by atomic mass is 9.90. The third-order valence-corrected chi connectivity index (χ3v) is 2.69. The number of carboxylic acid groups (broad SMARTS) is 1. The van der Waals surface area contributed by atoms with Gasteiger partial charge in [0, 0.05) is 12.6 Å². The molecular weight excluding hydrogens is 230 g/mol. The monoisotopic (exact) mass is 251 g/mol. The van der Waals surface area contributed by atoms with E-state index in [2.05, 4.69) is 5.32 Å². The van der Waals surface area contributed by atoms with Gasteiger partial charge in [0.15, 0.2) is 5.54 Å². The molecule has 1 aromatic carbocycles. The molecule has 100 valence electrons. The molecule has 0 saturated heterocycles. The quantitative estimate of drug-likeness (QED) is 0.778. The molecule has 1 unspecified atom stereocenters. The van der Waals surface area contributed by atoms with Crippen molar-refractivity contribution in [2.24, 2.45) is 0 Å². The Morgan fingerprint density at radius 1 is 1.39 bits per heavy atom. The summed E-state index contributed by atoms with van der Waals surface area (Å²) < 4.78 is 5.37. The van der Waals surface area contributed by atoms with Crippen LogP contribution < -0.4 is 5.32 Å². The molecule has 18 heavy (non-hydrogen) atoms. The van der Waals surface area contributed by atoms with E-state index < -0.39 is 11.5 Å². The zero-order valence-electron chi connectivity index (χ0n) is 11.1. The molecule has 2 N–H and O–H groups in total. The standard InChI is InChI=1S/C14H21NO3/c1-4-18-10-14(13(16)17,15-11(2)3)12-8-6-5-7-9-12/h5-9,11,15H,4,10H2,1-3H3,(H,16,17). The Labute approximate surface area is 108 Å². The highest BCUT2D eigenvalue weighted by atomic mass is 16.5. The second-order valence-corrected chi connectivity index (χ2v) is 4.51. The Kier molecular flexibility index (Phi) is 5.31. The summed E-state index contributed by atoms with van der Waals surface area (Å²) in [5.41, 5.74) is -0.481. The zero-order chi connectivity index (χ0) is 13.6. The Hall–Kier alpha value is -1.39. The van der Waals surface area contributed by atoms with Gasteiger partial charge in [-0.3, -0.25) is 5.32 Å². The van der Waals surface area contributed by atoms with Crippen molar-refractivity contribution >= 4 is 5.97 Å². The summed E-state index contributed by atoms with van der Waals surface area (Å²) in [6, 6.07) is 9.20. The minimum absolute atomic E-state index is 0.0433. The molecule has 0 aliphatic heterocycles. The molecule has 0 aliphatic carbocycles. The lowest BCUT2D eigenvalue weighted by Gasteiger charge is -2.32. The third kappa shape index (κ3) is 3.31. The number of aliphatic carboxylic acids is 1. The molecule has 0 radical (unpaired) electrons. The van der Waals surface area contributed by atoms with Crippen LogP contribution in [0.3, 0.4) is 0 Å². The summed E-state index contributed by atoms with van der Waals surface area (Å²) in [5.74, 6) is -0.921. The van der Waals surface area contributed by atoms with Crippen molar-refractivity contribution in [3.63, 3.8) is 0 Å². The molecule has 1 atom stereocenters. The first-order chi connectivity index (χ1) is 8.53. The van der Waals surface area contributed by atoms with E-state index in [0.717, 1.165) is 0 Å². The molecule has 0 heterocycles. The molecule has 0 aliphatic rings. The molecule has 0 amide bonds. The molecule has 0 saturated carbocycles. The largest absolute Gasteiger partial charge is 0.480 e. The maximum Gasteiger partial charge on any atom is 0.331 e. The van der Waals surface area contributed by atoms with Crippen molar-refractivity contribution in [2.75, 3.05) is 13.2 Å². The maximum absolute atomic E-state index is 11.7. The number of nitrogens with one attached hydrogen (secondary N) is 1. The van der Waals surface area contributed by atoms with E-state index in [9.17, 15) is 9.90 Å². The maximum atomic E-state index is 11.7. The first kappa shape index (κ1) is 14.7. The van der Waals surface area contributed by atoms with Crippen molar-refractivity contribution in [1.29, 1.82) is 0 Å². The van der Waals surface area contributed by atoms with Gasteiger partial charge in [-0.1, -0.05) is 30.3 Å². The molecule has 1 rings (SSSR count). The first-order valence-electron chi connectivity index (χ1n) is 6.17. The van der Waals surface area contributed by atoms with E-state index in [-0.39, 0.29) is 12.6 Å². The van der Waals surface area contributed by atoms with Crippen molar-refractivity contribution in [1.82, 2.24) is 5.32 Å². The van der Waals surface area contributed by atoms with Crippen molar-refractivity contribution < 1.29 is 14.6 Å². The number of carboxylic acids is 1. The van der Waals surface area contributed by atoms with Crippen LogP contribution in [0.5, 0.6) is 0 Å². The van der Waals surface area contributed by atoms with Crippen molar-refractivity contribution in [2.45, 2.75) is 32.4 Å². The lowest BCUT2D eigenvalue weighted by molar-refractivity contribution is -0.148. The number of rotatable bonds is 7. The summed E-state index contributed by atoms with van der Waals surface area (Å²) in [6.07, 6.45) is 0. The Morgan fingerprint density at radius 2 is 2.00 bits per heavy atom. The van der Waals surface area contributed by atoms with Gasteiger partial charge < -0.3 is 9.84 Å². The number of hydrogen-bond donors (Lipinski definition) is 2. The molecule has 0 aromatic heterocycles. The Bertz CT molecular complexity index is 378. The van der Waals surface area contributed by atoms with Crippen molar-refractivity contribution in [3.8, 4) is 0 Å². The van der Waals surface area contributed by atoms with Crippen LogP contribution in [0.15, 0.2) is 30.3 Å². The van der Waals surface area contributed by atoms with Gasteiger partial charge in [0.05, 0.1) is 6.61 Å². The number of carbonyl (C=O) groups is 1. The van der Waals surface area contributed by atoms with Gasteiger partial charge in [0.1, 0.15) is 0 Å². The highest BCUT2D eigenvalue weighted by molar-refractivity contribution is 5.81. The zero-order valence-corrected chi connectivity index (χ0v) is 11.1. The van der Waals surface area contributed by atoms with Gasteiger partial charge in [0.25, 0.3) is 0 Å². The SMILES string of the molecule is CCOCC(NC(C)C)(C(=O)O)c1ccccc1. The lowest BCUT2D eigenvalue weighted by Crippen LogP contribution is -2.55. The highest BCUT2D eigenvalue weighted by Crippen LogP contribution is 2.23. The second kappa shape index (κ2) is 6.52. The van der Waals surface area contributed by atoms with Crippen LogP contribution >= 0.6 is 0 Å². The minimum atomic E-state index is -1.19. The van der Waals surface area contributed by atoms with Gasteiger partial charge in [-0.2, -0.15) is 0 Å². The fourth-order valence-corrected chi connectivity index (χ4v) is 1.93. The van der Waals surface area contributed by atoms with Gasteiger partial charge >= 0.3 is 5.97 Å². The highest BCUT2D eigenvalue weighted by Gasteiger charge is 2.41. The van der Waals surface area contributed by atoms with Crippen LogP contribution in [0.1, 0.15) is 26.3 Å². The molecule has 4 heteroatoms. The Balaban J connectivity index is 3.15. The molecule has 1 aromatic rings. The van der Waals surface area contributed by atoms with Crippen molar-refractivity contribution in [3.05, 3.63) is 35.9 Å². The predicted molar refractivity (Wildman–Crippen MR) is 70.5 cm³/mol. The predicted octanol–water partition coefficient (Wildman–Crippen LogP) is 2.00. The van der Waals surface area contributed by atoms with E-state index in [1.807, 2.05) is 51.1 Å². The molecule has 4 nitrogen and oxygen atoms in total. The van der Waals surface area contributed by atoms with Gasteiger partial charge in [-0.15, -0.1) is 0 Å². The van der Waals surface area contributed by atoms with Crippen LogP contribution in [0.4, 0.5) is 0 Å².